The van der Waals surface area contributed by atoms with Crippen LogP contribution >= 0.6 is 0 Å². The van der Waals surface area contributed by atoms with Crippen molar-refractivity contribution in [1.29, 1.82) is 0 Å². The molecule has 0 atom stereocenters. The molecule has 3 aromatic rings. The molecule has 0 fully saturated rings. The van der Waals surface area contributed by atoms with E-state index in [2.05, 4.69) is 15.5 Å². The first-order chi connectivity index (χ1) is 13.7. The number of halogens is 2. The molecule has 0 bridgehead atoms. The van der Waals surface area contributed by atoms with E-state index in [9.17, 15) is 18.4 Å². The molecule has 3 N–H and O–H groups in total. The third kappa shape index (κ3) is 4.66. The molecule has 0 spiro atoms. The number of carboxylic acid groups (broad SMARTS) is 1. The summed E-state index contributed by atoms with van der Waals surface area (Å²) in [6.07, 6.45) is 2.45. The van der Waals surface area contributed by atoms with Crippen LogP contribution in [0.5, 0.6) is 0 Å². The number of hydrogen-bond acceptors (Lipinski definition) is 3. The maximum atomic E-state index is 14.3. The number of nitrogens with zero attached hydrogens (tertiary/aromatic N) is 1. The molecule has 1 aromatic heterocycles. The molecule has 3 rings (SSSR count). The van der Waals surface area contributed by atoms with Gasteiger partial charge in [0.25, 0.3) is 0 Å². The lowest BCUT2D eigenvalue weighted by molar-refractivity contribution is -0.137. The van der Waals surface area contributed by atoms with Crippen molar-refractivity contribution in [2.24, 2.45) is 0 Å². The summed E-state index contributed by atoms with van der Waals surface area (Å²) in [7, 11) is 0. The lowest BCUT2D eigenvalue weighted by Crippen LogP contribution is -2.10. The number of aromatic nitrogens is 2. The lowest BCUT2D eigenvalue weighted by atomic mass is 10.0. The summed E-state index contributed by atoms with van der Waals surface area (Å²) in [6, 6.07) is 5.65. The van der Waals surface area contributed by atoms with E-state index in [1.54, 1.807) is 6.92 Å². The van der Waals surface area contributed by atoms with Crippen LogP contribution in [-0.2, 0) is 16.0 Å². The van der Waals surface area contributed by atoms with Crippen molar-refractivity contribution in [2.75, 3.05) is 5.32 Å². The minimum Gasteiger partial charge on any atom is -0.481 e. The fraction of sp³-hybridized carbons (Fsp3) is 0.190. The summed E-state index contributed by atoms with van der Waals surface area (Å²) in [5.41, 5.74) is 2.43. The van der Waals surface area contributed by atoms with Gasteiger partial charge in [0.1, 0.15) is 11.6 Å². The maximum Gasteiger partial charge on any atom is 0.303 e. The number of carboxylic acids is 1. The maximum absolute atomic E-state index is 14.3. The molecule has 0 unspecified atom stereocenters. The first-order valence-corrected chi connectivity index (χ1v) is 8.88. The summed E-state index contributed by atoms with van der Waals surface area (Å²) < 4.78 is 28.3. The van der Waals surface area contributed by atoms with Crippen LogP contribution in [0.15, 0.2) is 30.3 Å². The Hall–Kier alpha value is -3.55. The van der Waals surface area contributed by atoms with E-state index in [-0.39, 0.29) is 29.7 Å². The lowest BCUT2D eigenvalue weighted by Gasteiger charge is -2.10. The molecule has 0 saturated heterocycles. The van der Waals surface area contributed by atoms with E-state index < -0.39 is 23.5 Å². The van der Waals surface area contributed by atoms with Crippen LogP contribution < -0.4 is 5.32 Å². The number of anilines is 1. The topological polar surface area (TPSA) is 95.1 Å². The first-order valence-electron chi connectivity index (χ1n) is 8.88. The molecule has 0 aliphatic carbocycles. The number of aryl methyl sites for hydroxylation is 2. The van der Waals surface area contributed by atoms with E-state index in [0.29, 0.717) is 16.5 Å². The highest BCUT2D eigenvalue weighted by Gasteiger charge is 2.11. The van der Waals surface area contributed by atoms with Crippen LogP contribution in [0.1, 0.15) is 28.8 Å². The molecule has 6 nitrogen and oxygen atoms in total. The fourth-order valence-corrected chi connectivity index (χ4v) is 2.90. The van der Waals surface area contributed by atoms with Crippen LogP contribution in [0.4, 0.5) is 14.5 Å². The number of aliphatic carboxylic acids is 1. The molecule has 150 valence electrons. The number of benzene rings is 2. The Morgan fingerprint density at radius 2 is 1.93 bits per heavy atom. The number of H-pyrrole nitrogens is 1. The summed E-state index contributed by atoms with van der Waals surface area (Å²) in [4.78, 5) is 23.0. The monoisotopic (exact) mass is 399 g/mol. The van der Waals surface area contributed by atoms with Gasteiger partial charge in [-0.25, -0.2) is 8.78 Å². The number of carbonyl (C=O) groups is 2. The van der Waals surface area contributed by atoms with E-state index in [0.717, 1.165) is 11.8 Å². The van der Waals surface area contributed by atoms with Crippen LogP contribution in [-0.4, -0.2) is 27.2 Å². The van der Waals surface area contributed by atoms with Crippen LogP contribution in [0, 0.1) is 25.5 Å². The number of fused-ring (bicyclic) bond motifs is 1. The third-order valence-corrected chi connectivity index (χ3v) is 4.57. The van der Waals surface area contributed by atoms with Crippen LogP contribution in [0.3, 0.4) is 0 Å². The average Bonchev–Trinajstić information content (AvgIpc) is 3.01. The van der Waals surface area contributed by atoms with E-state index in [1.165, 1.54) is 37.3 Å². The highest BCUT2D eigenvalue weighted by atomic mass is 19.1. The van der Waals surface area contributed by atoms with Crippen LogP contribution in [0.25, 0.3) is 17.0 Å². The van der Waals surface area contributed by atoms with Crippen molar-refractivity contribution >= 4 is 34.5 Å². The summed E-state index contributed by atoms with van der Waals surface area (Å²) in [6.45, 7) is 3.28. The molecule has 0 aliphatic rings. The Morgan fingerprint density at radius 3 is 2.66 bits per heavy atom. The summed E-state index contributed by atoms with van der Waals surface area (Å²) in [5.74, 6) is -2.60. The number of hydrogen-bond donors (Lipinski definition) is 3. The molecule has 0 saturated carbocycles. The van der Waals surface area contributed by atoms with Gasteiger partial charge in [0.15, 0.2) is 0 Å². The van der Waals surface area contributed by atoms with Gasteiger partial charge >= 0.3 is 5.97 Å². The Balaban J connectivity index is 1.78. The van der Waals surface area contributed by atoms with Gasteiger partial charge in [-0.1, -0.05) is 0 Å². The van der Waals surface area contributed by atoms with Gasteiger partial charge in [0.05, 0.1) is 5.52 Å². The highest BCUT2D eigenvalue weighted by Crippen LogP contribution is 2.23. The molecule has 2 aromatic carbocycles. The molecule has 8 heteroatoms. The van der Waals surface area contributed by atoms with E-state index >= 15 is 0 Å². The standard InChI is InChI=1S/C21H19F2N3O3/c1-11-16(22)7-13(3-6-21(28)29)8-18(11)24-20(27)5-4-14-9-19-15(10-17(14)23)12(2)25-26-19/h4-5,7-10H,3,6H2,1-2H3,(H,24,27)(H,25,26)(H,28,29). The normalized spacial score (nSPS) is 11.3. The fourth-order valence-electron chi connectivity index (χ4n) is 2.90. The molecule has 0 aliphatic heterocycles. The number of carbonyl (C=O) groups excluding carboxylic acids is 1. The van der Waals surface area contributed by atoms with Gasteiger partial charge in [-0.3, -0.25) is 14.7 Å². The van der Waals surface area contributed by atoms with Gasteiger partial charge in [-0.05, 0) is 56.2 Å². The molecule has 1 amide bonds. The van der Waals surface area contributed by atoms with Crippen molar-refractivity contribution < 1.29 is 23.5 Å². The Morgan fingerprint density at radius 1 is 1.17 bits per heavy atom. The Kier molecular flexibility index (Phi) is 5.72. The number of aromatic amines is 1. The average molecular weight is 399 g/mol. The highest BCUT2D eigenvalue weighted by molar-refractivity contribution is 6.02. The first kappa shape index (κ1) is 20.2. The zero-order valence-electron chi connectivity index (χ0n) is 15.8. The quantitative estimate of drug-likeness (QED) is 0.543. The molecule has 1 heterocycles. The Bertz CT molecular complexity index is 1140. The van der Waals surface area contributed by atoms with E-state index in [1.807, 2.05) is 0 Å². The third-order valence-electron chi connectivity index (χ3n) is 4.57. The SMILES string of the molecule is Cc1c(F)cc(CCC(=O)O)cc1NC(=O)C=Cc1cc2n[nH]c(C)c2cc1F. The zero-order valence-corrected chi connectivity index (χ0v) is 15.8. The zero-order chi connectivity index (χ0) is 21.1. The van der Waals surface area contributed by atoms with E-state index in [4.69, 9.17) is 5.11 Å². The largest absolute Gasteiger partial charge is 0.481 e. The van der Waals surface area contributed by atoms with Crippen molar-refractivity contribution in [1.82, 2.24) is 10.2 Å². The number of nitrogens with one attached hydrogen (secondary N) is 2. The van der Waals surface area contributed by atoms with Gasteiger partial charge in [0.2, 0.25) is 5.91 Å². The summed E-state index contributed by atoms with van der Waals surface area (Å²) in [5, 5.41) is 18.8. The van der Waals surface area contributed by atoms with Gasteiger partial charge in [0, 0.05) is 40.4 Å². The molecule has 29 heavy (non-hydrogen) atoms. The Labute approximate surface area is 165 Å². The second kappa shape index (κ2) is 8.22. The predicted molar refractivity (Wildman–Crippen MR) is 106 cm³/mol. The van der Waals surface area contributed by atoms with Gasteiger partial charge in [-0.15, -0.1) is 0 Å². The van der Waals surface area contributed by atoms with Crippen LogP contribution in [0.2, 0.25) is 0 Å². The number of amides is 1. The van der Waals surface area contributed by atoms with Crippen molar-refractivity contribution in [2.45, 2.75) is 26.7 Å². The van der Waals surface area contributed by atoms with Crippen molar-refractivity contribution in [3.63, 3.8) is 0 Å². The smallest absolute Gasteiger partial charge is 0.303 e. The van der Waals surface area contributed by atoms with Gasteiger partial charge in [-0.2, -0.15) is 5.10 Å². The second-order valence-electron chi connectivity index (χ2n) is 6.71. The summed E-state index contributed by atoms with van der Waals surface area (Å²) >= 11 is 0. The number of rotatable bonds is 6. The predicted octanol–water partition coefficient (Wildman–Crippen LogP) is 4.13. The minimum atomic E-state index is -0.995. The molecular formula is C21H19F2N3O3. The van der Waals surface area contributed by atoms with Crippen molar-refractivity contribution in [3.8, 4) is 0 Å². The van der Waals surface area contributed by atoms with Crippen molar-refractivity contribution in [3.05, 3.63) is 64.4 Å². The minimum absolute atomic E-state index is 0.138. The second-order valence-corrected chi connectivity index (χ2v) is 6.71. The molecular weight excluding hydrogens is 380 g/mol. The van der Waals surface area contributed by atoms with Gasteiger partial charge < -0.3 is 10.4 Å². The molecule has 0 radical (unpaired) electrons.